The Morgan fingerprint density at radius 3 is 2.58 bits per heavy atom. The fraction of sp³-hybridized carbons (Fsp3) is 0.500. The summed E-state index contributed by atoms with van der Waals surface area (Å²) < 4.78 is 0. The number of nitrogens with two attached hydrogens (primary N) is 1. The lowest BCUT2D eigenvalue weighted by Crippen LogP contribution is -2.23. The van der Waals surface area contributed by atoms with Crippen LogP contribution >= 0.6 is 0 Å². The molecule has 0 saturated carbocycles. The molecule has 0 bridgehead atoms. The second-order valence-electron chi connectivity index (χ2n) is 2.19. The molecule has 0 radical (unpaired) electrons. The van der Waals surface area contributed by atoms with E-state index in [1.807, 2.05) is 0 Å². The topological polar surface area (TPSA) is 104 Å². The van der Waals surface area contributed by atoms with Crippen LogP contribution < -0.4 is 5.73 Å². The lowest BCUT2D eigenvalue weighted by atomic mass is 10.4. The zero-order chi connectivity index (χ0) is 9.56. The Morgan fingerprint density at radius 2 is 2.25 bits per heavy atom. The Bertz CT molecular complexity index is 238. The molecule has 66 valence electrons. The highest BCUT2D eigenvalue weighted by molar-refractivity contribution is 6.46. The summed E-state index contributed by atoms with van der Waals surface area (Å²) in [5, 5.41) is 22.5. The maximum atomic E-state index is 8.41. The molecule has 0 atom stereocenters. The molecule has 0 fully saturated rings. The first-order chi connectivity index (χ1) is 5.61. The molecule has 0 heterocycles. The maximum Gasteiger partial charge on any atom is 0.224 e. The standard InChI is InChI=1S/C6H10N4O2/c1-4(2)12-10-5(3-7)6(8)9-11/h4,11H,1-2H3,(H2,8,9)/b10-5+. The Morgan fingerprint density at radius 1 is 1.67 bits per heavy atom. The van der Waals surface area contributed by atoms with Crippen LogP contribution in [0.15, 0.2) is 10.3 Å². The minimum atomic E-state index is -0.363. The largest absolute Gasteiger partial charge is 0.409 e. The second kappa shape index (κ2) is 4.96. The highest BCUT2D eigenvalue weighted by atomic mass is 16.6. The number of rotatable bonds is 3. The molecule has 12 heavy (non-hydrogen) atoms. The van der Waals surface area contributed by atoms with E-state index in [0.29, 0.717) is 0 Å². The van der Waals surface area contributed by atoms with Crippen LogP contribution in [0.4, 0.5) is 0 Å². The van der Waals surface area contributed by atoms with E-state index in [9.17, 15) is 0 Å². The molecular weight excluding hydrogens is 160 g/mol. The summed E-state index contributed by atoms with van der Waals surface area (Å²) in [7, 11) is 0. The molecule has 6 heteroatoms. The van der Waals surface area contributed by atoms with Gasteiger partial charge in [0, 0.05) is 0 Å². The monoisotopic (exact) mass is 170 g/mol. The quantitative estimate of drug-likeness (QED) is 0.270. The van der Waals surface area contributed by atoms with Crippen molar-refractivity contribution in [2.24, 2.45) is 16.0 Å². The van der Waals surface area contributed by atoms with Crippen LogP contribution in [-0.2, 0) is 4.84 Å². The molecule has 0 aromatic heterocycles. The Kier molecular flexibility index (Phi) is 4.23. The van der Waals surface area contributed by atoms with Crippen molar-refractivity contribution >= 4 is 11.5 Å². The third-order valence-electron chi connectivity index (χ3n) is 0.811. The molecule has 0 aromatic carbocycles. The summed E-state index contributed by atoms with van der Waals surface area (Å²) in [5.74, 6) is -0.363. The van der Waals surface area contributed by atoms with Crippen molar-refractivity contribution in [2.75, 3.05) is 0 Å². The van der Waals surface area contributed by atoms with Gasteiger partial charge in [-0.3, -0.25) is 0 Å². The first-order valence-electron chi connectivity index (χ1n) is 3.23. The van der Waals surface area contributed by atoms with Gasteiger partial charge in [0.2, 0.25) is 11.5 Å². The number of oxime groups is 2. The maximum absolute atomic E-state index is 8.41. The third kappa shape index (κ3) is 3.41. The van der Waals surface area contributed by atoms with E-state index in [1.165, 1.54) is 0 Å². The lowest BCUT2D eigenvalue weighted by molar-refractivity contribution is 0.0867. The van der Waals surface area contributed by atoms with Crippen molar-refractivity contribution in [2.45, 2.75) is 20.0 Å². The van der Waals surface area contributed by atoms with E-state index in [4.69, 9.17) is 21.0 Å². The van der Waals surface area contributed by atoms with Crippen molar-refractivity contribution in [1.29, 1.82) is 5.26 Å². The number of nitriles is 1. The summed E-state index contributed by atoms with van der Waals surface area (Å²) >= 11 is 0. The minimum Gasteiger partial charge on any atom is -0.409 e. The van der Waals surface area contributed by atoms with Gasteiger partial charge in [-0.2, -0.15) is 5.26 Å². The predicted octanol–water partition coefficient (Wildman–Crippen LogP) is 0.0374. The number of nitrogens with zero attached hydrogens (tertiary/aromatic N) is 3. The van der Waals surface area contributed by atoms with Crippen molar-refractivity contribution in [3.63, 3.8) is 0 Å². The van der Waals surface area contributed by atoms with Crippen LogP contribution in [0.5, 0.6) is 0 Å². The number of hydrogen-bond donors (Lipinski definition) is 2. The zero-order valence-corrected chi connectivity index (χ0v) is 6.85. The molecule has 0 spiro atoms. The van der Waals surface area contributed by atoms with E-state index in [0.717, 1.165) is 0 Å². The van der Waals surface area contributed by atoms with Gasteiger partial charge < -0.3 is 15.8 Å². The van der Waals surface area contributed by atoms with Crippen LogP contribution in [0, 0.1) is 11.3 Å². The summed E-state index contributed by atoms with van der Waals surface area (Å²) in [5.41, 5.74) is 4.84. The molecule has 0 aromatic rings. The van der Waals surface area contributed by atoms with Gasteiger partial charge in [-0.1, -0.05) is 10.3 Å². The molecule has 6 nitrogen and oxygen atoms in total. The highest BCUT2D eigenvalue weighted by Crippen LogP contribution is 1.89. The molecule has 0 rings (SSSR count). The molecule has 0 amide bonds. The zero-order valence-electron chi connectivity index (χ0n) is 6.85. The van der Waals surface area contributed by atoms with Crippen molar-refractivity contribution in [3.05, 3.63) is 0 Å². The van der Waals surface area contributed by atoms with Gasteiger partial charge in [-0.25, -0.2) is 0 Å². The smallest absolute Gasteiger partial charge is 0.224 e. The van der Waals surface area contributed by atoms with Gasteiger partial charge in [0.05, 0.1) is 0 Å². The summed E-state index contributed by atoms with van der Waals surface area (Å²) in [6, 6.07) is 1.62. The van der Waals surface area contributed by atoms with Crippen LogP contribution in [0.1, 0.15) is 13.8 Å². The highest BCUT2D eigenvalue weighted by Gasteiger charge is 2.04. The van der Waals surface area contributed by atoms with Gasteiger partial charge in [0.15, 0.2) is 0 Å². The molecule has 3 N–H and O–H groups in total. The summed E-state index contributed by atoms with van der Waals surface area (Å²) in [6.07, 6.45) is -0.153. The second-order valence-corrected chi connectivity index (χ2v) is 2.19. The molecule has 0 aliphatic carbocycles. The first kappa shape index (κ1) is 10.2. The van der Waals surface area contributed by atoms with Crippen LogP contribution in [0.2, 0.25) is 0 Å². The van der Waals surface area contributed by atoms with E-state index in [1.54, 1.807) is 19.9 Å². The summed E-state index contributed by atoms with van der Waals surface area (Å²) in [4.78, 5) is 4.71. The van der Waals surface area contributed by atoms with Crippen molar-refractivity contribution < 1.29 is 10.0 Å². The van der Waals surface area contributed by atoms with Crippen molar-refractivity contribution in [3.8, 4) is 6.07 Å². The van der Waals surface area contributed by atoms with Crippen LogP contribution in [0.25, 0.3) is 0 Å². The normalized spacial score (nSPS) is 12.8. The lowest BCUT2D eigenvalue weighted by Gasteiger charge is -2.01. The molecule has 0 saturated heterocycles. The molecule has 0 unspecified atom stereocenters. The van der Waals surface area contributed by atoms with Crippen LogP contribution in [0.3, 0.4) is 0 Å². The van der Waals surface area contributed by atoms with E-state index in [-0.39, 0.29) is 17.7 Å². The fourth-order valence-corrected chi connectivity index (χ4v) is 0.330. The first-order valence-corrected chi connectivity index (χ1v) is 3.23. The Hall–Kier alpha value is -1.77. The van der Waals surface area contributed by atoms with Gasteiger partial charge in [0.25, 0.3) is 0 Å². The average molecular weight is 170 g/mol. The van der Waals surface area contributed by atoms with Gasteiger partial charge >= 0.3 is 0 Å². The Balaban J connectivity index is 4.37. The van der Waals surface area contributed by atoms with Crippen molar-refractivity contribution in [1.82, 2.24) is 0 Å². The Labute approximate surface area is 69.9 Å². The van der Waals surface area contributed by atoms with Gasteiger partial charge in [-0.05, 0) is 13.8 Å². The van der Waals surface area contributed by atoms with Gasteiger partial charge in [-0.15, -0.1) is 0 Å². The van der Waals surface area contributed by atoms with E-state index in [2.05, 4.69) is 10.3 Å². The van der Waals surface area contributed by atoms with E-state index >= 15 is 0 Å². The fourth-order valence-electron chi connectivity index (χ4n) is 0.330. The van der Waals surface area contributed by atoms with Gasteiger partial charge in [0.1, 0.15) is 12.2 Å². The minimum absolute atomic E-state index is 0.153. The summed E-state index contributed by atoms with van der Waals surface area (Å²) in [6.45, 7) is 3.48. The molecule has 0 aliphatic heterocycles. The van der Waals surface area contributed by atoms with E-state index < -0.39 is 0 Å². The van der Waals surface area contributed by atoms with Crippen LogP contribution in [-0.4, -0.2) is 22.9 Å². The number of amidine groups is 1. The average Bonchev–Trinajstić information content (AvgIpc) is 2.04. The molecular formula is C6H10N4O2. The predicted molar refractivity (Wildman–Crippen MR) is 42.7 cm³/mol. The number of hydrogen-bond acceptors (Lipinski definition) is 5. The SMILES string of the molecule is CC(C)O/N=C(C#N)/C(N)=N/O. The molecule has 0 aliphatic rings. The third-order valence-corrected chi connectivity index (χ3v) is 0.811.